The van der Waals surface area contributed by atoms with Gasteiger partial charge in [0.2, 0.25) is 15.5 Å². The molecule has 7 nitrogen and oxygen atoms in total. The Balaban J connectivity index is 2.30. The molecule has 0 spiro atoms. The average molecular weight is 375 g/mol. The highest BCUT2D eigenvalue weighted by Gasteiger charge is 2.24. The number of fused-ring (bicyclic) bond motifs is 2. The zero-order chi connectivity index (χ0) is 19.2. The fourth-order valence-corrected chi connectivity index (χ4v) is 3.97. The number of benzene rings is 2. The summed E-state index contributed by atoms with van der Waals surface area (Å²) in [7, 11) is -2.30. The Kier molecular flexibility index (Phi) is 4.33. The lowest BCUT2D eigenvalue weighted by atomic mass is 10.1. The van der Waals surface area contributed by atoms with Gasteiger partial charge in [-0.15, -0.1) is 0 Å². The topological polar surface area (TPSA) is 105 Å². The molecule has 3 rings (SSSR count). The van der Waals surface area contributed by atoms with Crippen molar-refractivity contribution in [3.63, 3.8) is 0 Å². The number of carboxylic acids is 1. The fraction of sp³-hybridized carbons (Fsp3) is 0.222. The number of rotatable bonds is 4. The van der Waals surface area contributed by atoms with Crippen molar-refractivity contribution in [2.24, 2.45) is 0 Å². The highest BCUT2D eigenvalue weighted by molar-refractivity contribution is 7.89. The zero-order valence-corrected chi connectivity index (χ0v) is 15.2. The second kappa shape index (κ2) is 6.22. The largest absolute Gasteiger partial charge is 0.478 e. The van der Waals surface area contributed by atoms with Gasteiger partial charge in [-0.2, -0.15) is 4.31 Å². The summed E-state index contributed by atoms with van der Waals surface area (Å²) in [5.41, 5.74) is -0.0554. The van der Waals surface area contributed by atoms with Crippen molar-refractivity contribution in [1.82, 2.24) is 4.31 Å². The minimum absolute atomic E-state index is 0.0257. The summed E-state index contributed by atoms with van der Waals surface area (Å²) >= 11 is 0. The van der Waals surface area contributed by atoms with Crippen molar-refractivity contribution in [3.8, 4) is 0 Å². The maximum Gasteiger partial charge on any atom is 0.335 e. The van der Waals surface area contributed by atoms with Crippen LogP contribution in [-0.2, 0) is 10.0 Å². The summed E-state index contributed by atoms with van der Waals surface area (Å²) in [5.74, 6) is -1.17. The molecule has 0 saturated carbocycles. The van der Waals surface area contributed by atoms with Gasteiger partial charge in [0.15, 0.2) is 0 Å². The molecule has 2 aromatic carbocycles. The third-order valence-corrected chi connectivity index (χ3v) is 6.32. The molecule has 0 atom stereocenters. The standard InChI is InChI=1S/C18H17NO6S/c1-10(2)19(3)26(23,24)12-5-7-16-14(9-12)17(20)13-8-11(18(21)22)4-6-15(13)25-16/h4-10H,1-3H3,(H,21,22). The van der Waals surface area contributed by atoms with Crippen LogP contribution in [0.4, 0.5) is 0 Å². The van der Waals surface area contributed by atoms with Crippen molar-refractivity contribution in [1.29, 1.82) is 0 Å². The molecule has 1 aromatic heterocycles. The molecule has 3 aromatic rings. The van der Waals surface area contributed by atoms with Crippen LogP contribution in [0.1, 0.15) is 24.2 Å². The number of aromatic carboxylic acids is 1. The molecule has 1 N–H and O–H groups in total. The molecule has 0 aliphatic heterocycles. The number of nitrogens with zero attached hydrogens (tertiary/aromatic N) is 1. The third-order valence-electron chi connectivity index (χ3n) is 4.29. The first-order valence-electron chi connectivity index (χ1n) is 7.85. The molecule has 26 heavy (non-hydrogen) atoms. The predicted octanol–water partition coefficient (Wildman–Crippen LogP) is 2.67. The molecule has 0 unspecified atom stereocenters. The quantitative estimate of drug-likeness (QED) is 0.703. The number of sulfonamides is 1. The second-order valence-electron chi connectivity index (χ2n) is 6.22. The minimum Gasteiger partial charge on any atom is -0.478 e. The summed E-state index contributed by atoms with van der Waals surface area (Å²) < 4.78 is 32.1. The first-order chi connectivity index (χ1) is 12.1. The predicted molar refractivity (Wildman–Crippen MR) is 97.0 cm³/mol. The number of hydrogen-bond donors (Lipinski definition) is 1. The van der Waals surface area contributed by atoms with Crippen molar-refractivity contribution in [3.05, 3.63) is 52.2 Å². The SMILES string of the molecule is CC(C)N(C)S(=O)(=O)c1ccc2oc3ccc(C(=O)O)cc3c(=O)c2c1. The highest BCUT2D eigenvalue weighted by atomic mass is 32.2. The molecular weight excluding hydrogens is 358 g/mol. The van der Waals surface area contributed by atoms with Crippen LogP contribution in [0.25, 0.3) is 21.9 Å². The number of carboxylic acid groups (broad SMARTS) is 1. The molecule has 0 amide bonds. The van der Waals surface area contributed by atoms with Gasteiger partial charge in [-0.3, -0.25) is 4.79 Å². The summed E-state index contributed by atoms with van der Waals surface area (Å²) in [6, 6.07) is 7.82. The maximum absolute atomic E-state index is 12.8. The van der Waals surface area contributed by atoms with Gasteiger partial charge in [-0.25, -0.2) is 13.2 Å². The molecule has 0 aliphatic rings. The van der Waals surface area contributed by atoms with Crippen LogP contribution in [0.3, 0.4) is 0 Å². The van der Waals surface area contributed by atoms with E-state index in [2.05, 4.69) is 0 Å². The Morgan fingerprint density at radius 3 is 2.23 bits per heavy atom. The molecule has 0 fully saturated rings. The Morgan fingerprint density at radius 2 is 1.65 bits per heavy atom. The van der Waals surface area contributed by atoms with Crippen LogP contribution < -0.4 is 5.43 Å². The molecule has 8 heteroatoms. The van der Waals surface area contributed by atoms with E-state index in [4.69, 9.17) is 9.52 Å². The van der Waals surface area contributed by atoms with Gasteiger partial charge in [0.1, 0.15) is 11.2 Å². The van der Waals surface area contributed by atoms with E-state index >= 15 is 0 Å². The molecular formula is C18H17NO6S. The van der Waals surface area contributed by atoms with Crippen LogP contribution in [-0.4, -0.2) is 36.9 Å². The van der Waals surface area contributed by atoms with Crippen LogP contribution in [0.2, 0.25) is 0 Å². The first-order valence-corrected chi connectivity index (χ1v) is 9.29. The van der Waals surface area contributed by atoms with E-state index in [1.165, 1.54) is 47.8 Å². The minimum atomic E-state index is -3.76. The van der Waals surface area contributed by atoms with E-state index < -0.39 is 21.4 Å². The number of hydrogen-bond acceptors (Lipinski definition) is 5. The Labute approximate surface area is 149 Å². The van der Waals surface area contributed by atoms with Gasteiger partial charge in [-0.1, -0.05) is 0 Å². The molecule has 0 aliphatic carbocycles. The van der Waals surface area contributed by atoms with E-state index in [1.54, 1.807) is 13.8 Å². The fourth-order valence-electron chi connectivity index (χ4n) is 2.57. The zero-order valence-electron chi connectivity index (χ0n) is 14.4. The first kappa shape index (κ1) is 18.1. The van der Waals surface area contributed by atoms with E-state index in [1.807, 2.05) is 0 Å². The normalized spacial score (nSPS) is 12.3. The smallest absolute Gasteiger partial charge is 0.335 e. The van der Waals surface area contributed by atoms with Gasteiger partial charge in [-0.05, 0) is 50.2 Å². The van der Waals surface area contributed by atoms with Gasteiger partial charge >= 0.3 is 5.97 Å². The summed E-state index contributed by atoms with van der Waals surface area (Å²) in [4.78, 5) is 23.9. The molecule has 136 valence electrons. The van der Waals surface area contributed by atoms with E-state index in [0.717, 1.165) is 0 Å². The summed E-state index contributed by atoms with van der Waals surface area (Å²) in [6.07, 6.45) is 0. The van der Waals surface area contributed by atoms with Gasteiger partial charge in [0, 0.05) is 13.1 Å². The average Bonchev–Trinajstić information content (AvgIpc) is 2.60. The van der Waals surface area contributed by atoms with Crippen molar-refractivity contribution < 1.29 is 22.7 Å². The molecule has 0 saturated heterocycles. The van der Waals surface area contributed by atoms with E-state index in [-0.39, 0.29) is 38.4 Å². The summed E-state index contributed by atoms with van der Waals surface area (Å²) in [6.45, 7) is 3.49. The van der Waals surface area contributed by atoms with Crippen molar-refractivity contribution in [2.75, 3.05) is 7.05 Å². The van der Waals surface area contributed by atoms with Crippen LogP contribution in [0, 0.1) is 0 Å². The lowest BCUT2D eigenvalue weighted by molar-refractivity contribution is 0.0697. The van der Waals surface area contributed by atoms with Gasteiger partial charge < -0.3 is 9.52 Å². The molecule has 1 heterocycles. The summed E-state index contributed by atoms with van der Waals surface area (Å²) in [5, 5.41) is 9.26. The maximum atomic E-state index is 12.8. The lowest BCUT2D eigenvalue weighted by Gasteiger charge is -2.21. The van der Waals surface area contributed by atoms with Crippen molar-refractivity contribution >= 4 is 37.9 Å². The lowest BCUT2D eigenvalue weighted by Crippen LogP contribution is -2.33. The van der Waals surface area contributed by atoms with Gasteiger partial charge in [0.05, 0.1) is 21.2 Å². The van der Waals surface area contributed by atoms with Crippen LogP contribution in [0.5, 0.6) is 0 Å². The monoisotopic (exact) mass is 375 g/mol. The third kappa shape index (κ3) is 2.87. The molecule has 0 radical (unpaired) electrons. The highest BCUT2D eigenvalue weighted by Crippen LogP contribution is 2.24. The van der Waals surface area contributed by atoms with Crippen LogP contribution in [0.15, 0.2) is 50.5 Å². The molecule has 0 bridgehead atoms. The number of carbonyl (C=O) groups is 1. The van der Waals surface area contributed by atoms with Crippen molar-refractivity contribution in [2.45, 2.75) is 24.8 Å². The van der Waals surface area contributed by atoms with Gasteiger partial charge in [0.25, 0.3) is 0 Å². The van der Waals surface area contributed by atoms with E-state index in [0.29, 0.717) is 0 Å². The van der Waals surface area contributed by atoms with Crippen LogP contribution >= 0.6 is 0 Å². The Hall–Kier alpha value is -2.71. The van der Waals surface area contributed by atoms with E-state index in [9.17, 15) is 18.0 Å². The Bertz CT molecular complexity index is 1190. The Morgan fingerprint density at radius 1 is 1.08 bits per heavy atom. The second-order valence-corrected chi connectivity index (χ2v) is 8.22.